The van der Waals surface area contributed by atoms with E-state index in [1.807, 2.05) is 30.3 Å². The van der Waals surface area contributed by atoms with E-state index in [2.05, 4.69) is 0 Å². The van der Waals surface area contributed by atoms with E-state index < -0.39 is 5.92 Å². The van der Waals surface area contributed by atoms with Crippen molar-refractivity contribution in [3.63, 3.8) is 0 Å². The molecule has 3 aromatic rings. The summed E-state index contributed by atoms with van der Waals surface area (Å²) in [5, 5.41) is 12.0. The first kappa shape index (κ1) is 13.5. The number of halogens is 1. The second-order valence-electron chi connectivity index (χ2n) is 4.62. The Labute approximate surface area is 125 Å². The molecule has 0 aliphatic heterocycles. The van der Waals surface area contributed by atoms with Gasteiger partial charge in [0.05, 0.1) is 6.07 Å². The highest BCUT2D eigenvalue weighted by molar-refractivity contribution is 7.17. The Balaban J connectivity index is 2.03. The maximum Gasteiger partial charge on any atom is 0.185 e. The summed E-state index contributed by atoms with van der Waals surface area (Å²) in [6.07, 6.45) is 0. The molecule has 102 valence electrons. The minimum absolute atomic E-state index is 0.249. The van der Waals surface area contributed by atoms with Crippen LogP contribution in [0.4, 0.5) is 4.39 Å². The summed E-state index contributed by atoms with van der Waals surface area (Å²) in [5.74, 6) is -1.55. The Hall–Kier alpha value is -2.51. The molecule has 0 N–H and O–H groups in total. The van der Waals surface area contributed by atoms with Crippen molar-refractivity contribution >= 4 is 27.2 Å². The van der Waals surface area contributed by atoms with Gasteiger partial charge in [0.25, 0.3) is 0 Å². The van der Waals surface area contributed by atoms with Crippen molar-refractivity contribution in [2.24, 2.45) is 0 Å². The number of nitrogens with zero attached hydrogens (tertiary/aromatic N) is 1. The number of hydrogen-bond donors (Lipinski definition) is 0. The van der Waals surface area contributed by atoms with Gasteiger partial charge in [-0.2, -0.15) is 5.26 Å². The summed E-state index contributed by atoms with van der Waals surface area (Å²) in [5.41, 5.74) is 1.06. The van der Waals surface area contributed by atoms with Crippen LogP contribution >= 0.6 is 11.3 Å². The second kappa shape index (κ2) is 5.47. The van der Waals surface area contributed by atoms with Crippen LogP contribution in [-0.2, 0) is 0 Å². The normalized spacial score (nSPS) is 12.0. The van der Waals surface area contributed by atoms with Crippen LogP contribution in [0.25, 0.3) is 10.1 Å². The molecule has 3 rings (SSSR count). The largest absolute Gasteiger partial charge is 0.292 e. The number of benzene rings is 2. The molecule has 1 atom stereocenters. The van der Waals surface area contributed by atoms with Crippen LogP contribution in [0.2, 0.25) is 0 Å². The van der Waals surface area contributed by atoms with E-state index in [1.54, 1.807) is 5.38 Å². The standard InChI is InChI=1S/C17H10FNOS/c18-12-7-5-11(6-8-12)14(9-19)17(20)15-10-21-16-4-2-1-3-13(15)16/h1-8,10,14H. The summed E-state index contributed by atoms with van der Waals surface area (Å²) in [7, 11) is 0. The van der Waals surface area contributed by atoms with E-state index in [0.29, 0.717) is 11.1 Å². The maximum absolute atomic E-state index is 13.0. The van der Waals surface area contributed by atoms with E-state index in [4.69, 9.17) is 0 Å². The number of thiophene rings is 1. The van der Waals surface area contributed by atoms with Crippen molar-refractivity contribution < 1.29 is 9.18 Å². The molecule has 0 aliphatic carbocycles. The molecule has 0 saturated carbocycles. The first-order valence-corrected chi connectivity index (χ1v) is 7.24. The summed E-state index contributed by atoms with van der Waals surface area (Å²) in [4.78, 5) is 12.6. The molecule has 0 amide bonds. The van der Waals surface area contributed by atoms with Crippen LogP contribution in [0.5, 0.6) is 0 Å². The lowest BCUT2D eigenvalue weighted by Crippen LogP contribution is -2.10. The zero-order chi connectivity index (χ0) is 14.8. The zero-order valence-electron chi connectivity index (χ0n) is 10.9. The van der Waals surface area contributed by atoms with E-state index in [9.17, 15) is 14.4 Å². The minimum atomic E-state index is -0.913. The topological polar surface area (TPSA) is 40.9 Å². The zero-order valence-corrected chi connectivity index (χ0v) is 11.7. The quantitative estimate of drug-likeness (QED) is 0.666. The Morgan fingerprint density at radius 1 is 1.14 bits per heavy atom. The van der Waals surface area contributed by atoms with Crippen molar-refractivity contribution in [3.8, 4) is 6.07 Å². The smallest absolute Gasteiger partial charge is 0.185 e. The third-order valence-corrected chi connectivity index (χ3v) is 4.30. The highest BCUT2D eigenvalue weighted by Crippen LogP contribution is 2.30. The van der Waals surface area contributed by atoms with Crippen molar-refractivity contribution in [2.45, 2.75) is 5.92 Å². The van der Waals surface area contributed by atoms with Gasteiger partial charge < -0.3 is 0 Å². The lowest BCUT2D eigenvalue weighted by atomic mass is 9.92. The fourth-order valence-electron chi connectivity index (χ4n) is 2.26. The predicted octanol–water partition coefficient (Wildman–Crippen LogP) is 4.53. The van der Waals surface area contributed by atoms with Gasteiger partial charge in [-0.1, -0.05) is 30.3 Å². The van der Waals surface area contributed by atoms with Gasteiger partial charge in [0.2, 0.25) is 0 Å². The molecule has 2 aromatic carbocycles. The third kappa shape index (κ3) is 2.44. The Kier molecular flexibility index (Phi) is 3.51. The van der Waals surface area contributed by atoms with Crippen LogP contribution in [0, 0.1) is 17.1 Å². The van der Waals surface area contributed by atoms with E-state index in [-0.39, 0.29) is 11.6 Å². The molecule has 0 fully saturated rings. The van der Waals surface area contributed by atoms with Gasteiger partial charge in [-0.15, -0.1) is 11.3 Å². The molecule has 4 heteroatoms. The Morgan fingerprint density at radius 3 is 2.57 bits per heavy atom. The molecule has 1 heterocycles. The Morgan fingerprint density at radius 2 is 1.86 bits per heavy atom. The van der Waals surface area contributed by atoms with Crippen LogP contribution in [0.3, 0.4) is 0 Å². The predicted molar refractivity (Wildman–Crippen MR) is 80.9 cm³/mol. The number of rotatable bonds is 3. The number of ketones is 1. The van der Waals surface area contributed by atoms with E-state index in [1.165, 1.54) is 35.6 Å². The fourth-order valence-corrected chi connectivity index (χ4v) is 3.21. The molecular weight excluding hydrogens is 285 g/mol. The molecule has 0 spiro atoms. The van der Waals surface area contributed by atoms with Crippen LogP contribution in [0.1, 0.15) is 21.8 Å². The number of Topliss-reactive ketones (excluding diaryl/α,β-unsaturated/α-hetero) is 1. The van der Waals surface area contributed by atoms with Gasteiger partial charge in [0.15, 0.2) is 5.78 Å². The van der Waals surface area contributed by atoms with Crippen LogP contribution in [-0.4, -0.2) is 5.78 Å². The van der Waals surface area contributed by atoms with Crippen molar-refractivity contribution in [3.05, 3.63) is 70.9 Å². The molecule has 21 heavy (non-hydrogen) atoms. The van der Waals surface area contributed by atoms with Gasteiger partial charge in [-0.25, -0.2) is 4.39 Å². The average Bonchev–Trinajstić information content (AvgIpc) is 2.94. The molecule has 0 saturated heterocycles. The number of carbonyl (C=O) groups excluding carboxylic acids is 1. The Bertz CT molecular complexity index is 845. The molecule has 2 nitrogen and oxygen atoms in total. The lowest BCUT2D eigenvalue weighted by molar-refractivity contribution is 0.0981. The van der Waals surface area contributed by atoms with Crippen molar-refractivity contribution in [1.29, 1.82) is 5.26 Å². The number of hydrogen-bond acceptors (Lipinski definition) is 3. The van der Waals surface area contributed by atoms with Gasteiger partial charge in [-0.3, -0.25) is 4.79 Å². The van der Waals surface area contributed by atoms with E-state index >= 15 is 0 Å². The highest BCUT2D eigenvalue weighted by Gasteiger charge is 2.24. The molecular formula is C17H10FNOS. The molecule has 1 unspecified atom stereocenters. The minimum Gasteiger partial charge on any atom is -0.292 e. The van der Waals surface area contributed by atoms with Crippen molar-refractivity contribution in [2.75, 3.05) is 0 Å². The van der Waals surface area contributed by atoms with Crippen LogP contribution < -0.4 is 0 Å². The maximum atomic E-state index is 13.0. The lowest BCUT2D eigenvalue weighted by Gasteiger charge is -2.08. The number of carbonyl (C=O) groups is 1. The van der Waals surface area contributed by atoms with Gasteiger partial charge in [-0.05, 0) is 23.8 Å². The molecule has 0 bridgehead atoms. The van der Waals surface area contributed by atoms with Crippen LogP contribution in [0.15, 0.2) is 53.9 Å². The molecule has 1 aromatic heterocycles. The van der Waals surface area contributed by atoms with Gasteiger partial charge in [0, 0.05) is 21.0 Å². The average molecular weight is 295 g/mol. The van der Waals surface area contributed by atoms with E-state index in [0.717, 1.165) is 10.1 Å². The van der Waals surface area contributed by atoms with Crippen molar-refractivity contribution in [1.82, 2.24) is 0 Å². The molecule has 0 aliphatic rings. The number of fused-ring (bicyclic) bond motifs is 1. The van der Waals surface area contributed by atoms with Gasteiger partial charge >= 0.3 is 0 Å². The summed E-state index contributed by atoms with van der Waals surface area (Å²) in [6, 6.07) is 15.1. The second-order valence-corrected chi connectivity index (χ2v) is 5.53. The first-order valence-electron chi connectivity index (χ1n) is 6.36. The highest BCUT2D eigenvalue weighted by atomic mass is 32.1. The summed E-state index contributed by atoms with van der Waals surface area (Å²) >= 11 is 1.48. The fraction of sp³-hybridized carbons (Fsp3) is 0.0588. The monoisotopic (exact) mass is 295 g/mol. The first-order chi connectivity index (χ1) is 10.2. The van der Waals surface area contributed by atoms with Gasteiger partial charge in [0.1, 0.15) is 11.7 Å². The SMILES string of the molecule is N#CC(C(=O)c1csc2ccccc12)c1ccc(F)cc1. The number of nitriles is 1. The molecule has 0 radical (unpaired) electrons. The summed E-state index contributed by atoms with van der Waals surface area (Å²) < 4.78 is 14.0. The summed E-state index contributed by atoms with van der Waals surface area (Å²) in [6.45, 7) is 0. The third-order valence-electron chi connectivity index (χ3n) is 3.34.